The topological polar surface area (TPSA) is 48.2 Å². The zero-order valence-corrected chi connectivity index (χ0v) is 11.3. The van der Waals surface area contributed by atoms with Crippen LogP contribution in [0.25, 0.3) is 0 Å². The second kappa shape index (κ2) is 11.6. The molecule has 0 N–H and O–H groups in total. The molecule has 1 radical (unpaired) electrons. The average molecular weight is 240 g/mol. The van der Waals surface area contributed by atoms with Gasteiger partial charge in [-0.1, -0.05) is 52.4 Å². The van der Waals surface area contributed by atoms with Crippen molar-refractivity contribution in [3.63, 3.8) is 0 Å². The van der Waals surface area contributed by atoms with Crippen LogP contribution < -0.4 is 5.32 Å². The van der Waals surface area contributed by atoms with Gasteiger partial charge in [-0.05, 0) is 12.8 Å². The molecule has 0 aliphatic heterocycles. The second-order valence-electron chi connectivity index (χ2n) is 4.52. The van der Waals surface area contributed by atoms with Crippen LogP contribution >= 0.6 is 0 Å². The number of amides is 2. The molecule has 2 amide bonds. The van der Waals surface area contributed by atoms with E-state index in [0.717, 1.165) is 51.4 Å². The minimum absolute atomic E-state index is 0.235. The van der Waals surface area contributed by atoms with Gasteiger partial charge in [0.2, 0.25) is 11.8 Å². The van der Waals surface area contributed by atoms with E-state index in [2.05, 4.69) is 19.2 Å². The fourth-order valence-electron chi connectivity index (χ4n) is 1.66. The first kappa shape index (κ1) is 16.1. The summed E-state index contributed by atoms with van der Waals surface area (Å²) in [5.41, 5.74) is 0. The van der Waals surface area contributed by atoms with Crippen molar-refractivity contribution in [3.8, 4) is 0 Å². The molecule has 0 heterocycles. The maximum Gasteiger partial charge on any atom is 0.248 e. The van der Waals surface area contributed by atoms with Crippen LogP contribution in [0.5, 0.6) is 0 Å². The van der Waals surface area contributed by atoms with Crippen molar-refractivity contribution in [2.24, 2.45) is 0 Å². The molecule has 3 heteroatoms. The highest BCUT2D eigenvalue weighted by Crippen LogP contribution is 2.04. The summed E-state index contributed by atoms with van der Waals surface area (Å²) in [6, 6.07) is 0. The van der Waals surface area contributed by atoms with Crippen molar-refractivity contribution in [2.75, 3.05) is 0 Å². The molecule has 0 fully saturated rings. The summed E-state index contributed by atoms with van der Waals surface area (Å²) in [6.07, 6.45) is 9.31. The van der Waals surface area contributed by atoms with Gasteiger partial charge in [-0.3, -0.25) is 9.59 Å². The lowest BCUT2D eigenvalue weighted by atomic mass is 10.1. The van der Waals surface area contributed by atoms with Gasteiger partial charge in [-0.25, -0.2) is 0 Å². The second-order valence-corrected chi connectivity index (χ2v) is 4.52. The highest BCUT2D eigenvalue weighted by atomic mass is 16.2. The molecule has 0 aromatic rings. The molecule has 0 aromatic heterocycles. The quantitative estimate of drug-likeness (QED) is 0.548. The monoisotopic (exact) mass is 240 g/mol. The van der Waals surface area contributed by atoms with E-state index in [-0.39, 0.29) is 11.8 Å². The van der Waals surface area contributed by atoms with E-state index >= 15 is 0 Å². The molecule has 99 valence electrons. The van der Waals surface area contributed by atoms with Crippen LogP contribution in [0.3, 0.4) is 0 Å². The first-order valence-electron chi connectivity index (χ1n) is 6.98. The molecule has 0 aliphatic carbocycles. The highest BCUT2D eigenvalue weighted by molar-refractivity contribution is 5.94. The fourth-order valence-corrected chi connectivity index (χ4v) is 1.66. The Morgan fingerprint density at radius 2 is 1.12 bits per heavy atom. The first-order valence-corrected chi connectivity index (χ1v) is 6.98. The third-order valence-electron chi connectivity index (χ3n) is 2.74. The van der Waals surface area contributed by atoms with Crippen LogP contribution in [0.1, 0.15) is 78.1 Å². The summed E-state index contributed by atoms with van der Waals surface area (Å²) in [5, 5.41) is 3.59. The zero-order chi connectivity index (χ0) is 12.9. The Hall–Kier alpha value is -0.860. The van der Waals surface area contributed by atoms with Gasteiger partial charge in [0.1, 0.15) is 0 Å². The van der Waals surface area contributed by atoms with E-state index in [0.29, 0.717) is 12.8 Å². The van der Waals surface area contributed by atoms with Crippen LogP contribution in [0.4, 0.5) is 0 Å². The Bertz CT molecular complexity index is 192. The van der Waals surface area contributed by atoms with E-state index in [1.807, 2.05) is 0 Å². The molecular weight excluding hydrogens is 214 g/mol. The molecule has 0 rings (SSSR count). The largest absolute Gasteiger partial charge is 0.273 e. The van der Waals surface area contributed by atoms with Gasteiger partial charge >= 0.3 is 0 Å². The van der Waals surface area contributed by atoms with E-state index in [4.69, 9.17) is 0 Å². The minimum Gasteiger partial charge on any atom is -0.273 e. The van der Waals surface area contributed by atoms with Gasteiger partial charge in [-0.2, -0.15) is 5.32 Å². The maximum absolute atomic E-state index is 11.3. The number of carbonyl (C=O) groups excluding carboxylic acids is 2. The van der Waals surface area contributed by atoms with E-state index in [1.54, 1.807) is 0 Å². The fraction of sp³-hybridized carbons (Fsp3) is 0.857. The number of nitrogens with zero attached hydrogens (tertiary/aromatic N) is 1. The van der Waals surface area contributed by atoms with E-state index in [9.17, 15) is 9.59 Å². The summed E-state index contributed by atoms with van der Waals surface area (Å²) < 4.78 is 0. The Balaban J connectivity index is 3.42. The SMILES string of the molecule is CCCCCCC(=O)[N]C(=O)CCCCCC. The van der Waals surface area contributed by atoms with Crippen LogP contribution in [-0.2, 0) is 9.59 Å². The molecule has 0 saturated carbocycles. The molecule has 0 bridgehead atoms. The zero-order valence-electron chi connectivity index (χ0n) is 11.3. The molecular formula is C14H26NO2. The van der Waals surface area contributed by atoms with Gasteiger partial charge in [0.15, 0.2) is 0 Å². The van der Waals surface area contributed by atoms with Crippen LogP contribution in [0, 0.1) is 0 Å². The normalized spacial score (nSPS) is 10.2. The molecule has 3 nitrogen and oxygen atoms in total. The summed E-state index contributed by atoms with van der Waals surface area (Å²) in [6.45, 7) is 4.26. The van der Waals surface area contributed by atoms with Gasteiger partial charge in [0, 0.05) is 12.8 Å². The molecule has 0 aromatic carbocycles. The lowest BCUT2D eigenvalue weighted by Crippen LogP contribution is -2.22. The lowest BCUT2D eigenvalue weighted by Gasteiger charge is -2.01. The number of hydrogen-bond donors (Lipinski definition) is 0. The van der Waals surface area contributed by atoms with E-state index in [1.165, 1.54) is 0 Å². The van der Waals surface area contributed by atoms with Gasteiger partial charge < -0.3 is 0 Å². The summed E-state index contributed by atoms with van der Waals surface area (Å²) in [5.74, 6) is -0.469. The number of unbranched alkanes of at least 4 members (excludes halogenated alkanes) is 6. The van der Waals surface area contributed by atoms with Crippen LogP contribution in [0.15, 0.2) is 0 Å². The molecule has 0 aliphatic rings. The summed E-state index contributed by atoms with van der Waals surface area (Å²) in [7, 11) is 0. The molecule has 0 atom stereocenters. The Morgan fingerprint density at radius 1 is 0.706 bits per heavy atom. The molecule has 0 saturated heterocycles. The van der Waals surface area contributed by atoms with Gasteiger partial charge in [0.05, 0.1) is 0 Å². The summed E-state index contributed by atoms with van der Waals surface area (Å²) >= 11 is 0. The molecule has 0 unspecified atom stereocenters. The Kier molecular flexibility index (Phi) is 11.0. The van der Waals surface area contributed by atoms with Crippen molar-refractivity contribution in [1.82, 2.24) is 5.32 Å². The van der Waals surface area contributed by atoms with E-state index < -0.39 is 0 Å². The smallest absolute Gasteiger partial charge is 0.248 e. The van der Waals surface area contributed by atoms with Crippen LogP contribution in [-0.4, -0.2) is 11.8 Å². The number of rotatable bonds is 10. The van der Waals surface area contributed by atoms with Crippen molar-refractivity contribution < 1.29 is 9.59 Å². The average Bonchev–Trinajstić information content (AvgIpc) is 2.30. The number of hydrogen-bond acceptors (Lipinski definition) is 2. The predicted molar refractivity (Wildman–Crippen MR) is 69.7 cm³/mol. The van der Waals surface area contributed by atoms with Gasteiger partial charge in [-0.15, -0.1) is 0 Å². The minimum atomic E-state index is -0.235. The van der Waals surface area contributed by atoms with Gasteiger partial charge in [0.25, 0.3) is 0 Å². The maximum atomic E-state index is 11.3. The Labute approximate surface area is 105 Å². The van der Waals surface area contributed by atoms with Crippen LogP contribution in [0.2, 0.25) is 0 Å². The van der Waals surface area contributed by atoms with Crippen molar-refractivity contribution >= 4 is 11.8 Å². The third-order valence-corrected chi connectivity index (χ3v) is 2.74. The van der Waals surface area contributed by atoms with Crippen molar-refractivity contribution in [3.05, 3.63) is 0 Å². The molecule has 17 heavy (non-hydrogen) atoms. The molecule has 0 spiro atoms. The number of carbonyl (C=O) groups is 2. The first-order chi connectivity index (χ1) is 8.20. The highest BCUT2D eigenvalue weighted by Gasteiger charge is 2.09. The number of imide groups is 1. The Morgan fingerprint density at radius 3 is 1.47 bits per heavy atom. The van der Waals surface area contributed by atoms with Crippen molar-refractivity contribution in [1.29, 1.82) is 0 Å². The standard InChI is InChI=1S/C14H26NO2/c1-3-5-7-9-11-13(16)15-14(17)12-10-8-6-4-2/h3-12H2,1-2H3. The predicted octanol–water partition coefficient (Wildman–Crippen LogP) is 3.58. The van der Waals surface area contributed by atoms with Crippen molar-refractivity contribution in [2.45, 2.75) is 78.1 Å². The third kappa shape index (κ3) is 11.4. The lowest BCUT2D eigenvalue weighted by molar-refractivity contribution is -0.131. The summed E-state index contributed by atoms with van der Waals surface area (Å²) in [4.78, 5) is 22.6.